The Bertz CT molecular complexity index is 695. The van der Waals surface area contributed by atoms with Gasteiger partial charge < -0.3 is 39.3 Å². The first-order chi connectivity index (χ1) is 15.7. The van der Waals surface area contributed by atoms with Gasteiger partial charge in [0.25, 0.3) is 0 Å². The number of nitrogens with zero attached hydrogens (tertiary/aromatic N) is 3. The van der Waals surface area contributed by atoms with Crippen molar-refractivity contribution >= 4 is 30.0 Å². The van der Waals surface area contributed by atoms with Crippen LogP contribution < -0.4 is 21.3 Å². The fourth-order valence-electron chi connectivity index (χ4n) is 4.95. The van der Waals surface area contributed by atoms with Crippen molar-refractivity contribution in [2.24, 2.45) is 0 Å². The topological polar surface area (TPSA) is 107 Å². The summed E-state index contributed by atoms with van der Waals surface area (Å²) in [5.41, 5.74) is 2.34. The number of thiocyanates is 1. The monoisotopic (exact) mass is 528 g/mol. The molecule has 1 aromatic heterocycles. The van der Waals surface area contributed by atoms with E-state index in [1.165, 1.54) is 73.3 Å². The van der Waals surface area contributed by atoms with Crippen molar-refractivity contribution in [1.82, 2.24) is 26.3 Å². The molecule has 2 aliphatic carbocycles. The minimum atomic E-state index is 0. The second kappa shape index (κ2) is 18.4. The Kier molecular flexibility index (Phi) is 16.7. The van der Waals surface area contributed by atoms with Crippen LogP contribution in [0.1, 0.15) is 62.8 Å². The fourth-order valence-corrected chi connectivity index (χ4v) is 4.95. The third-order valence-corrected chi connectivity index (χ3v) is 6.43. The van der Waals surface area contributed by atoms with E-state index in [0.717, 1.165) is 26.2 Å². The smallest absolute Gasteiger partial charge is 0.0545 e. The summed E-state index contributed by atoms with van der Waals surface area (Å²) in [4.78, 5) is 4.89. The summed E-state index contributed by atoms with van der Waals surface area (Å²) in [5, 5.41) is 32.2. The maximum atomic E-state index is 7.13. The molecule has 0 spiro atoms. The van der Waals surface area contributed by atoms with Gasteiger partial charge in [-0.2, -0.15) is 5.16 Å². The number of hydrogen-bond donors (Lipinski definition) is 4. The Hall–Kier alpha value is -0.981. The van der Waals surface area contributed by atoms with Crippen molar-refractivity contribution < 1.29 is 17.1 Å². The second-order valence-electron chi connectivity index (χ2n) is 8.47. The molecule has 0 saturated heterocycles. The molecule has 0 aromatic carbocycles. The second-order valence-corrected chi connectivity index (χ2v) is 8.83. The van der Waals surface area contributed by atoms with Crippen LogP contribution in [0.3, 0.4) is 0 Å². The summed E-state index contributed by atoms with van der Waals surface area (Å²) in [6.45, 7) is 3.89. The van der Waals surface area contributed by atoms with Crippen LogP contribution in [-0.4, -0.2) is 47.4 Å². The maximum absolute atomic E-state index is 7.13. The molecule has 2 heterocycles. The first kappa shape index (κ1) is 30.1. The molecule has 3 aliphatic rings. The first-order valence-electron chi connectivity index (χ1n) is 11.6. The Morgan fingerprint density at radius 2 is 1.18 bits per heavy atom. The number of hydrogen-bond acceptors (Lipinski definition) is 8. The molecular formula is C23H35MnN7S2-2. The van der Waals surface area contributed by atoms with Crippen molar-refractivity contribution in [2.75, 3.05) is 13.1 Å². The normalized spacial score (nSPS) is 27.2. The van der Waals surface area contributed by atoms with E-state index >= 15 is 0 Å². The van der Waals surface area contributed by atoms with Gasteiger partial charge in [-0.3, -0.25) is 4.98 Å². The molecule has 33 heavy (non-hydrogen) atoms. The van der Waals surface area contributed by atoms with Crippen LogP contribution in [0.4, 0.5) is 0 Å². The molecule has 7 nitrogen and oxygen atoms in total. The average molecular weight is 529 g/mol. The van der Waals surface area contributed by atoms with Gasteiger partial charge in [0.15, 0.2) is 0 Å². The van der Waals surface area contributed by atoms with Crippen LogP contribution in [0.15, 0.2) is 18.2 Å². The van der Waals surface area contributed by atoms with Crippen molar-refractivity contribution in [3.63, 3.8) is 0 Å². The summed E-state index contributed by atoms with van der Waals surface area (Å²) < 4.78 is 0. The summed E-state index contributed by atoms with van der Waals surface area (Å²) >= 11 is 7.40. The molecular weight excluding hydrogens is 493 g/mol. The number of aromatic nitrogens is 1. The van der Waals surface area contributed by atoms with Gasteiger partial charge >= 0.3 is 0 Å². The average Bonchev–Trinajstić information content (AvgIpc) is 2.81. The number of pyridine rings is 1. The summed E-state index contributed by atoms with van der Waals surface area (Å²) in [5.74, 6) is 0. The van der Waals surface area contributed by atoms with Crippen LogP contribution in [0.2, 0.25) is 0 Å². The standard InChI is InChI=1S/C21H35N5.CHNS.CNS.Mn/c1-3-10-20-18(8-1)22-12-13-23-19-9-2-4-11-21(19)25-15-17-7-5-6-16(26-17)14-24-20;2*2-1-3;/h5-7,18-25H,1-4,8-15H2;3H;;/q;;-1;/p-1/t18?,19?,20-,21-;;;/m0.../s1. The molecule has 10 heteroatoms. The van der Waals surface area contributed by atoms with Gasteiger partial charge in [0, 0.05) is 67.4 Å². The van der Waals surface area contributed by atoms with E-state index in [0.29, 0.717) is 24.2 Å². The summed E-state index contributed by atoms with van der Waals surface area (Å²) in [6, 6.07) is 8.81. The predicted molar refractivity (Wildman–Crippen MR) is 135 cm³/mol. The molecule has 4 rings (SSSR count). The third kappa shape index (κ3) is 11.3. The van der Waals surface area contributed by atoms with Crippen molar-refractivity contribution in [2.45, 2.75) is 88.6 Å². The van der Waals surface area contributed by atoms with E-state index in [1.54, 1.807) is 0 Å². The fraction of sp³-hybridized carbons (Fsp3) is 0.696. The van der Waals surface area contributed by atoms with Crippen LogP contribution in [0.25, 0.3) is 5.41 Å². The Morgan fingerprint density at radius 3 is 1.55 bits per heavy atom. The molecule has 2 saturated carbocycles. The van der Waals surface area contributed by atoms with Gasteiger partial charge in [-0.25, -0.2) is 5.26 Å². The molecule has 1 aromatic rings. The minimum absolute atomic E-state index is 0. The molecule has 183 valence electrons. The number of nitriles is 1. The third-order valence-electron chi connectivity index (χ3n) is 6.43. The van der Waals surface area contributed by atoms with E-state index in [4.69, 9.17) is 15.7 Å². The number of rotatable bonds is 0. The Balaban J connectivity index is 0.000000706. The predicted octanol–water partition coefficient (Wildman–Crippen LogP) is 2.75. The molecule has 0 amide bonds. The van der Waals surface area contributed by atoms with E-state index in [-0.39, 0.29) is 17.1 Å². The van der Waals surface area contributed by atoms with Crippen molar-refractivity contribution in [1.29, 1.82) is 5.26 Å². The van der Waals surface area contributed by atoms with E-state index in [1.807, 2.05) is 0 Å². The number of isothiocyanates is 1. The van der Waals surface area contributed by atoms with Crippen molar-refractivity contribution in [3.05, 3.63) is 35.0 Å². The van der Waals surface area contributed by atoms with Gasteiger partial charge in [-0.05, 0) is 37.8 Å². The first-order valence-corrected chi connectivity index (χ1v) is 12.4. The molecule has 1 aliphatic heterocycles. The maximum Gasteiger partial charge on any atom is 0.0545 e. The minimum Gasteiger partial charge on any atom is -0.753 e. The van der Waals surface area contributed by atoms with Crippen LogP contribution in [-0.2, 0) is 42.8 Å². The number of nitrogens with one attached hydrogen (secondary N) is 4. The quantitative estimate of drug-likeness (QED) is 0.134. The molecule has 4 N–H and O–H groups in total. The zero-order chi connectivity index (χ0) is 23.0. The van der Waals surface area contributed by atoms with Gasteiger partial charge in [0.05, 0.1) is 11.4 Å². The van der Waals surface area contributed by atoms with Crippen molar-refractivity contribution in [3.8, 4) is 5.40 Å². The molecule has 2 bridgehead atoms. The van der Waals surface area contributed by atoms with Gasteiger partial charge in [-0.15, -0.1) is 0 Å². The molecule has 2 fully saturated rings. The van der Waals surface area contributed by atoms with E-state index < -0.39 is 0 Å². The Morgan fingerprint density at radius 1 is 0.848 bits per heavy atom. The number of thiocarbonyl (C=S) groups is 1. The Labute approximate surface area is 220 Å². The summed E-state index contributed by atoms with van der Waals surface area (Å²) in [7, 11) is 0. The zero-order valence-electron chi connectivity index (χ0n) is 19.1. The summed E-state index contributed by atoms with van der Waals surface area (Å²) in [6.07, 6.45) is 10.5. The van der Waals surface area contributed by atoms with Crippen LogP contribution in [0.5, 0.6) is 0 Å². The molecule has 4 atom stereocenters. The molecule has 1 radical (unpaired) electrons. The van der Waals surface area contributed by atoms with Gasteiger partial charge in [-0.1, -0.05) is 49.4 Å². The number of fused-ring (bicyclic) bond motifs is 4. The largest absolute Gasteiger partial charge is 0.753 e. The molecule has 2 unspecified atom stereocenters. The van der Waals surface area contributed by atoms with Gasteiger partial charge in [0.2, 0.25) is 0 Å². The SMILES string of the molecule is N#C[S-].[Mn].[N-]=C=S.c1cc2nc(c1)CN[C@H]1CCCCC1NCCNC1CCCC[C@@H]1NC2. The van der Waals surface area contributed by atoms with Crippen LogP contribution >= 0.6 is 12.2 Å². The van der Waals surface area contributed by atoms with E-state index in [9.17, 15) is 0 Å². The van der Waals surface area contributed by atoms with E-state index in [2.05, 4.69) is 64.3 Å². The van der Waals surface area contributed by atoms with Gasteiger partial charge in [0.1, 0.15) is 0 Å². The van der Waals surface area contributed by atoms with Crippen LogP contribution in [0, 0.1) is 10.7 Å². The zero-order valence-corrected chi connectivity index (χ0v) is 21.9.